The maximum atomic E-state index is 13.3. The highest BCUT2D eigenvalue weighted by Gasteiger charge is 2.34. The molecule has 2 aromatic carbocycles. The first-order chi connectivity index (χ1) is 14.6. The van der Waals surface area contributed by atoms with E-state index in [-0.39, 0.29) is 32.2 Å². The van der Waals surface area contributed by atoms with Gasteiger partial charge in [0.1, 0.15) is 17.3 Å². The quantitative estimate of drug-likeness (QED) is 0.385. The lowest BCUT2D eigenvalue weighted by Gasteiger charge is -2.17. The first-order valence-electron chi connectivity index (χ1n) is 9.66. The first-order valence-corrected chi connectivity index (χ1v) is 9.66. The number of hydrogen-bond acceptors (Lipinski definition) is 4. The van der Waals surface area contributed by atoms with Crippen molar-refractivity contribution < 1.29 is 41.7 Å². The molecule has 0 aliphatic rings. The number of carboxylic acid groups (broad SMARTS) is 1. The molecule has 2 aromatic rings. The van der Waals surface area contributed by atoms with Crippen LogP contribution in [0.1, 0.15) is 31.4 Å². The Bertz CT molecular complexity index is 867. The van der Waals surface area contributed by atoms with E-state index >= 15 is 0 Å². The van der Waals surface area contributed by atoms with Crippen LogP contribution in [0, 0.1) is 5.82 Å². The van der Waals surface area contributed by atoms with Crippen LogP contribution in [0.3, 0.4) is 0 Å². The molecule has 0 saturated carbocycles. The van der Waals surface area contributed by atoms with Gasteiger partial charge in [0.15, 0.2) is 6.10 Å². The second-order valence-electron chi connectivity index (χ2n) is 7.05. The Hall–Kier alpha value is -2.81. The fraction of sp³-hybridized carbons (Fsp3) is 0.409. The second kappa shape index (κ2) is 11.0. The van der Waals surface area contributed by atoms with Gasteiger partial charge in [-0.05, 0) is 43.7 Å². The van der Waals surface area contributed by atoms with Crippen LogP contribution in [0.2, 0.25) is 0 Å². The Kier molecular flexibility index (Phi) is 8.67. The van der Waals surface area contributed by atoms with Crippen LogP contribution in [-0.2, 0) is 22.1 Å². The van der Waals surface area contributed by atoms with Gasteiger partial charge in [-0.1, -0.05) is 12.1 Å². The number of rotatable bonds is 11. The van der Waals surface area contributed by atoms with Crippen molar-refractivity contribution in [3.8, 4) is 11.5 Å². The van der Waals surface area contributed by atoms with E-state index in [1.54, 1.807) is 38.1 Å². The molecule has 0 aliphatic carbocycles. The van der Waals surface area contributed by atoms with Crippen molar-refractivity contribution in [2.75, 3.05) is 13.2 Å². The van der Waals surface area contributed by atoms with Crippen LogP contribution in [-0.4, -0.2) is 36.5 Å². The molecule has 0 fully saturated rings. The number of hydrogen-bond donors (Lipinski definition) is 1. The predicted octanol–water partition coefficient (Wildman–Crippen LogP) is 5.11. The Morgan fingerprint density at radius 2 is 1.77 bits per heavy atom. The topological polar surface area (TPSA) is 65.0 Å². The minimum absolute atomic E-state index is 0.102. The molecule has 0 heterocycles. The van der Waals surface area contributed by atoms with Gasteiger partial charge >= 0.3 is 12.1 Å². The van der Waals surface area contributed by atoms with Gasteiger partial charge in [0.05, 0.1) is 24.9 Å². The molecule has 0 aliphatic heterocycles. The Morgan fingerprint density at radius 1 is 1.06 bits per heavy atom. The zero-order valence-corrected chi connectivity index (χ0v) is 17.1. The minimum Gasteiger partial charge on any atom is -0.493 e. The average molecular weight is 444 g/mol. The molecule has 2 rings (SSSR count). The van der Waals surface area contributed by atoms with Crippen molar-refractivity contribution in [3.63, 3.8) is 0 Å². The Morgan fingerprint density at radius 3 is 2.42 bits per heavy atom. The summed E-state index contributed by atoms with van der Waals surface area (Å²) in [4.78, 5) is 11.3. The number of carbonyl (C=O) groups is 1. The summed E-state index contributed by atoms with van der Waals surface area (Å²) >= 11 is 0. The van der Waals surface area contributed by atoms with Gasteiger partial charge in [-0.2, -0.15) is 13.2 Å². The standard InChI is InChI=1S/C22H24F4O5/c1-14(2)31-20(21(27)28)12-15-5-3-6-17(11-15)29-9-4-10-30-19-13-16(23)7-8-18(19)22(24,25)26/h3,5-8,11,13-14,20H,4,9-10,12H2,1-2H3,(H,27,28). The van der Waals surface area contributed by atoms with Crippen molar-refractivity contribution in [3.05, 3.63) is 59.4 Å². The molecular weight excluding hydrogens is 420 g/mol. The Balaban J connectivity index is 1.87. The highest BCUT2D eigenvalue weighted by molar-refractivity contribution is 5.72. The van der Waals surface area contributed by atoms with Crippen molar-refractivity contribution in [2.24, 2.45) is 0 Å². The lowest BCUT2D eigenvalue weighted by atomic mass is 10.1. The van der Waals surface area contributed by atoms with E-state index in [0.717, 1.165) is 6.07 Å². The van der Waals surface area contributed by atoms with Crippen LogP contribution in [0.15, 0.2) is 42.5 Å². The molecule has 31 heavy (non-hydrogen) atoms. The predicted molar refractivity (Wildman–Crippen MR) is 105 cm³/mol. The monoisotopic (exact) mass is 444 g/mol. The molecule has 5 nitrogen and oxygen atoms in total. The van der Waals surface area contributed by atoms with Gasteiger partial charge in [-0.25, -0.2) is 9.18 Å². The van der Waals surface area contributed by atoms with Gasteiger partial charge in [-0.3, -0.25) is 0 Å². The number of benzene rings is 2. The van der Waals surface area contributed by atoms with E-state index in [1.807, 2.05) is 0 Å². The third kappa shape index (κ3) is 8.09. The molecule has 1 N–H and O–H groups in total. The first kappa shape index (κ1) is 24.5. The maximum absolute atomic E-state index is 13.3. The van der Waals surface area contributed by atoms with E-state index in [9.17, 15) is 27.5 Å². The lowest BCUT2D eigenvalue weighted by Crippen LogP contribution is -2.29. The van der Waals surface area contributed by atoms with Crippen LogP contribution in [0.5, 0.6) is 11.5 Å². The third-order valence-electron chi connectivity index (χ3n) is 4.10. The maximum Gasteiger partial charge on any atom is 0.419 e. The number of ether oxygens (including phenoxy) is 3. The fourth-order valence-electron chi connectivity index (χ4n) is 2.78. The molecule has 1 atom stereocenters. The van der Waals surface area contributed by atoms with Gasteiger partial charge in [0, 0.05) is 18.9 Å². The molecular formula is C22H24F4O5. The fourth-order valence-corrected chi connectivity index (χ4v) is 2.78. The van der Waals surface area contributed by atoms with Gasteiger partial charge < -0.3 is 19.3 Å². The summed E-state index contributed by atoms with van der Waals surface area (Å²) in [6.45, 7) is 3.54. The van der Waals surface area contributed by atoms with E-state index in [2.05, 4.69) is 0 Å². The SMILES string of the molecule is CC(C)OC(Cc1cccc(OCCCOc2cc(F)ccc2C(F)(F)F)c1)C(=O)O. The van der Waals surface area contributed by atoms with Crippen LogP contribution < -0.4 is 9.47 Å². The molecule has 0 amide bonds. The van der Waals surface area contributed by atoms with Crippen molar-refractivity contribution in [1.29, 1.82) is 0 Å². The number of alkyl halides is 3. The highest BCUT2D eigenvalue weighted by Crippen LogP contribution is 2.36. The summed E-state index contributed by atoms with van der Waals surface area (Å²) in [7, 11) is 0. The summed E-state index contributed by atoms with van der Waals surface area (Å²) in [5.41, 5.74) is -0.337. The van der Waals surface area contributed by atoms with Gasteiger partial charge in [-0.15, -0.1) is 0 Å². The van der Waals surface area contributed by atoms with Crippen LogP contribution in [0.4, 0.5) is 17.6 Å². The van der Waals surface area contributed by atoms with Crippen molar-refractivity contribution in [2.45, 2.75) is 45.1 Å². The normalized spacial score (nSPS) is 12.6. The summed E-state index contributed by atoms with van der Waals surface area (Å²) in [5.74, 6) is -1.97. The average Bonchev–Trinajstić information content (AvgIpc) is 2.66. The van der Waals surface area contributed by atoms with Crippen LogP contribution >= 0.6 is 0 Å². The van der Waals surface area contributed by atoms with Gasteiger partial charge in [0.2, 0.25) is 0 Å². The zero-order valence-electron chi connectivity index (χ0n) is 17.1. The zero-order chi connectivity index (χ0) is 23.0. The van der Waals surface area contributed by atoms with Crippen LogP contribution in [0.25, 0.3) is 0 Å². The van der Waals surface area contributed by atoms with E-state index in [4.69, 9.17) is 14.2 Å². The molecule has 9 heteroatoms. The second-order valence-corrected chi connectivity index (χ2v) is 7.05. The molecule has 0 saturated heterocycles. The molecule has 0 aromatic heterocycles. The molecule has 0 radical (unpaired) electrons. The van der Waals surface area contributed by atoms with Gasteiger partial charge in [0.25, 0.3) is 0 Å². The summed E-state index contributed by atoms with van der Waals surface area (Å²) in [6.07, 6.45) is -5.46. The lowest BCUT2D eigenvalue weighted by molar-refractivity contribution is -0.153. The largest absolute Gasteiger partial charge is 0.493 e. The third-order valence-corrected chi connectivity index (χ3v) is 4.10. The number of halogens is 4. The summed E-state index contributed by atoms with van der Waals surface area (Å²) in [6, 6.07) is 8.88. The molecule has 1 unspecified atom stereocenters. The van der Waals surface area contributed by atoms with Crippen molar-refractivity contribution in [1.82, 2.24) is 0 Å². The summed E-state index contributed by atoms with van der Waals surface area (Å²) < 4.78 is 68.2. The molecule has 170 valence electrons. The van der Waals surface area contributed by atoms with E-state index in [1.165, 1.54) is 0 Å². The smallest absolute Gasteiger partial charge is 0.419 e. The summed E-state index contributed by atoms with van der Waals surface area (Å²) in [5, 5.41) is 9.27. The Labute approximate surface area is 177 Å². The van der Waals surface area contributed by atoms with E-state index in [0.29, 0.717) is 23.4 Å². The number of aliphatic carboxylic acids is 1. The number of carboxylic acids is 1. The molecule has 0 bridgehead atoms. The van der Waals surface area contributed by atoms with Crippen molar-refractivity contribution >= 4 is 5.97 Å². The minimum atomic E-state index is -4.65. The highest BCUT2D eigenvalue weighted by atomic mass is 19.4. The van der Waals surface area contributed by atoms with E-state index < -0.39 is 35.4 Å². The molecule has 0 spiro atoms.